The summed E-state index contributed by atoms with van der Waals surface area (Å²) in [5.41, 5.74) is 0. The molecule has 0 aromatic heterocycles. The van der Waals surface area contributed by atoms with Gasteiger partial charge in [0.05, 0.1) is 19.8 Å². The van der Waals surface area contributed by atoms with E-state index in [1.165, 1.54) is 19.3 Å². The summed E-state index contributed by atoms with van der Waals surface area (Å²) >= 11 is 0. The molecule has 16 heavy (non-hydrogen) atoms. The van der Waals surface area contributed by atoms with Gasteiger partial charge in [-0.05, 0) is 33.1 Å². The summed E-state index contributed by atoms with van der Waals surface area (Å²) in [6.45, 7) is 6.69. The first kappa shape index (κ1) is 13.7. The third-order valence-electron chi connectivity index (χ3n) is 3.05. The number of hydrogen-bond donors (Lipinski definition) is 1. The third kappa shape index (κ3) is 4.64. The van der Waals surface area contributed by atoms with Crippen molar-refractivity contribution in [2.75, 3.05) is 26.4 Å². The first-order chi connectivity index (χ1) is 7.75. The lowest BCUT2D eigenvalue weighted by molar-refractivity contribution is 0.0570. The van der Waals surface area contributed by atoms with Gasteiger partial charge in [0, 0.05) is 18.6 Å². The largest absolute Gasteiger partial charge is 0.394 e. The van der Waals surface area contributed by atoms with Crippen LogP contribution in [0.2, 0.25) is 0 Å². The maximum absolute atomic E-state index is 8.64. The molecule has 94 valence electrons. The lowest BCUT2D eigenvalue weighted by Gasteiger charge is -2.34. The number of rotatable bonds is 7. The van der Waals surface area contributed by atoms with Crippen molar-refractivity contribution in [1.82, 2.24) is 4.90 Å². The molecule has 0 saturated carbocycles. The molecule has 0 bridgehead atoms. The number of allylic oxidation sites excluding steroid dienone is 1. The maximum atomic E-state index is 8.64. The molecule has 0 aromatic carbocycles. The highest BCUT2D eigenvalue weighted by Gasteiger charge is 2.19. The van der Waals surface area contributed by atoms with Gasteiger partial charge in [-0.2, -0.15) is 0 Å². The number of nitrogens with zero attached hydrogens (tertiary/aromatic N) is 1. The fraction of sp³-hybridized carbons (Fsp3) is 0.846. The average Bonchev–Trinajstić information content (AvgIpc) is 2.30. The minimum Gasteiger partial charge on any atom is -0.394 e. The van der Waals surface area contributed by atoms with Crippen molar-refractivity contribution in [3.8, 4) is 0 Å². The minimum absolute atomic E-state index is 0.116. The molecule has 0 saturated heterocycles. The van der Waals surface area contributed by atoms with E-state index in [0.717, 1.165) is 6.54 Å². The summed E-state index contributed by atoms with van der Waals surface area (Å²) in [6, 6.07) is 1.12. The molecule has 1 rings (SSSR count). The Morgan fingerprint density at radius 1 is 1.44 bits per heavy atom. The van der Waals surface area contributed by atoms with E-state index >= 15 is 0 Å². The maximum Gasteiger partial charge on any atom is 0.0698 e. The number of aliphatic hydroxyl groups excluding tert-OH is 1. The molecular formula is C13H25NO2. The lowest BCUT2D eigenvalue weighted by atomic mass is 10.0. The molecule has 3 nitrogen and oxygen atoms in total. The molecule has 0 amide bonds. The Labute approximate surface area is 99.1 Å². The van der Waals surface area contributed by atoms with Gasteiger partial charge >= 0.3 is 0 Å². The predicted molar refractivity (Wildman–Crippen MR) is 66.5 cm³/mol. The van der Waals surface area contributed by atoms with Crippen LogP contribution in [0.5, 0.6) is 0 Å². The molecular weight excluding hydrogens is 202 g/mol. The van der Waals surface area contributed by atoms with Crippen LogP contribution < -0.4 is 0 Å². The summed E-state index contributed by atoms with van der Waals surface area (Å²) in [4.78, 5) is 2.48. The van der Waals surface area contributed by atoms with Gasteiger partial charge in [0.25, 0.3) is 0 Å². The summed E-state index contributed by atoms with van der Waals surface area (Å²) in [5.74, 6) is 0. The summed E-state index contributed by atoms with van der Waals surface area (Å²) < 4.78 is 5.34. The summed E-state index contributed by atoms with van der Waals surface area (Å²) in [6.07, 6.45) is 8.40. The third-order valence-corrected chi connectivity index (χ3v) is 3.05. The van der Waals surface area contributed by atoms with Crippen molar-refractivity contribution in [1.29, 1.82) is 0 Å². The van der Waals surface area contributed by atoms with E-state index in [4.69, 9.17) is 9.84 Å². The van der Waals surface area contributed by atoms with Crippen molar-refractivity contribution in [2.24, 2.45) is 0 Å². The standard InChI is InChI=1S/C13H25NO2/c1-12(2)14(8-10-16-11-9-15)13-6-4-3-5-7-13/h4,6,12-13,15H,3,5,7-11H2,1-2H3. The second-order valence-corrected chi connectivity index (χ2v) is 4.59. The molecule has 0 radical (unpaired) electrons. The van der Waals surface area contributed by atoms with E-state index in [1.807, 2.05) is 0 Å². The zero-order chi connectivity index (χ0) is 11.8. The molecule has 1 aliphatic carbocycles. The van der Waals surface area contributed by atoms with Gasteiger partial charge in [0.1, 0.15) is 0 Å². The fourth-order valence-electron chi connectivity index (χ4n) is 2.21. The Morgan fingerprint density at radius 3 is 2.81 bits per heavy atom. The Hall–Kier alpha value is -0.380. The Bertz CT molecular complexity index is 204. The van der Waals surface area contributed by atoms with Gasteiger partial charge in [-0.15, -0.1) is 0 Å². The predicted octanol–water partition coefficient (Wildman–Crippen LogP) is 1.81. The first-order valence-electron chi connectivity index (χ1n) is 6.36. The minimum atomic E-state index is 0.116. The number of hydrogen-bond acceptors (Lipinski definition) is 3. The smallest absolute Gasteiger partial charge is 0.0698 e. The highest BCUT2D eigenvalue weighted by molar-refractivity contribution is 4.99. The van der Waals surface area contributed by atoms with Crippen molar-refractivity contribution >= 4 is 0 Å². The SMILES string of the molecule is CC(C)N(CCOCCO)C1C=CCCC1. The quantitative estimate of drug-likeness (QED) is 0.532. The molecule has 1 atom stereocenters. The molecule has 0 aliphatic heterocycles. The van der Waals surface area contributed by atoms with Crippen LogP contribution in [-0.4, -0.2) is 48.5 Å². The highest BCUT2D eigenvalue weighted by Crippen LogP contribution is 2.18. The monoisotopic (exact) mass is 227 g/mol. The Balaban J connectivity index is 2.34. The van der Waals surface area contributed by atoms with Crippen LogP contribution in [0.15, 0.2) is 12.2 Å². The molecule has 0 spiro atoms. The zero-order valence-corrected chi connectivity index (χ0v) is 10.6. The van der Waals surface area contributed by atoms with Crippen molar-refractivity contribution in [3.05, 3.63) is 12.2 Å². The van der Waals surface area contributed by atoms with Gasteiger partial charge in [0.2, 0.25) is 0 Å². The summed E-state index contributed by atoms with van der Waals surface area (Å²) in [7, 11) is 0. The van der Waals surface area contributed by atoms with E-state index < -0.39 is 0 Å². The normalized spacial score (nSPS) is 20.9. The highest BCUT2D eigenvalue weighted by atomic mass is 16.5. The van der Waals surface area contributed by atoms with Gasteiger partial charge in [-0.25, -0.2) is 0 Å². The second-order valence-electron chi connectivity index (χ2n) is 4.59. The summed E-state index contributed by atoms with van der Waals surface area (Å²) in [5, 5.41) is 8.64. The van der Waals surface area contributed by atoms with E-state index in [2.05, 4.69) is 30.9 Å². The Morgan fingerprint density at radius 2 is 2.25 bits per heavy atom. The van der Waals surface area contributed by atoms with Gasteiger partial charge in [0.15, 0.2) is 0 Å². The van der Waals surface area contributed by atoms with E-state index in [0.29, 0.717) is 25.3 Å². The molecule has 0 heterocycles. The van der Waals surface area contributed by atoms with Gasteiger partial charge in [-0.1, -0.05) is 12.2 Å². The number of aliphatic hydroxyl groups is 1. The molecule has 3 heteroatoms. The van der Waals surface area contributed by atoms with Crippen LogP contribution in [0, 0.1) is 0 Å². The molecule has 1 N–H and O–H groups in total. The number of ether oxygens (including phenoxy) is 1. The van der Waals surface area contributed by atoms with Crippen LogP contribution in [0.25, 0.3) is 0 Å². The molecule has 0 fully saturated rings. The zero-order valence-electron chi connectivity index (χ0n) is 10.6. The van der Waals surface area contributed by atoms with Gasteiger partial charge < -0.3 is 9.84 Å². The average molecular weight is 227 g/mol. The van der Waals surface area contributed by atoms with E-state index in [-0.39, 0.29) is 6.61 Å². The van der Waals surface area contributed by atoms with E-state index in [1.54, 1.807) is 0 Å². The first-order valence-corrected chi connectivity index (χ1v) is 6.36. The molecule has 1 unspecified atom stereocenters. The Kier molecular flexibility index (Phi) is 6.69. The molecule has 1 aliphatic rings. The molecule has 0 aromatic rings. The fourth-order valence-corrected chi connectivity index (χ4v) is 2.21. The lowest BCUT2D eigenvalue weighted by Crippen LogP contribution is -2.42. The van der Waals surface area contributed by atoms with E-state index in [9.17, 15) is 0 Å². The second kappa shape index (κ2) is 7.82. The van der Waals surface area contributed by atoms with Crippen molar-refractivity contribution in [3.63, 3.8) is 0 Å². The van der Waals surface area contributed by atoms with Crippen LogP contribution >= 0.6 is 0 Å². The van der Waals surface area contributed by atoms with Crippen LogP contribution in [0.4, 0.5) is 0 Å². The van der Waals surface area contributed by atoms with Crippen LogP contribution in [0.3, 0.4) is 0 Å². The van der Waals surface area contributed by atoms with Gasteiger partial charge in [-0.3, -0.25) is 4.90 Å². The topological polar surface area (TPSA) is 32.7 Å². The van der Waals surface area contributed by atoms with Crippen LogP contribution in [-0.2, 0) is 4.74 Å². The van der Waals surface area contributed by atoms with Crippen LogP contribution in [0.1, 0.15) is 33.1 Å². The van der Waals surface area contributed by atoms with Crippen molar-refractivity contribution < 1.29 is 9.84 Å². The van der Waals surface area contributed by atoms with Crippen molar-refractivity contribution in [2.45, 2.75) is 45.2 Å².